The zero-order chi connectivity index (χ0) is 17.6. The smallest absolute Gasteiger partial charge is 0.261 e. The number of likely N-dealkylation sites (tertiary alicyclic amines) is 1. The highest BCUT2D eigenvalue weighted by Gasteiger charge is 2.41. The number of nitrogens with zero attached hydrogens (tertiary/aromatic N) is 2. The van der Waals surface area contributed by atoms with E-state index < -0.39 is 0 Å². The molecule has 3 amide bonds. The molecule has 0 spiro atoms. The Morgan fingerprint density at radius 2 is 1.58 bits per heavy atom. The minimum atomic E-state index is -0.267. The molecule has 6 nitrogen and oxygen atoms in total. The van der Waals surface area contributed by atoms with E-state index in [1.807, 2.05) is 4.90 Å². The van der Waals surface area contributed by atoms with Crippen LogP contribution < -0.4 is 5.73 Å². The number of hydrogen-bond acceptors (Lipinski definition) is 4. The molecule has 4 rings (SSSR count). The van der Waals surface area contributed by atoms with Crippen LogP contribution in [0.4, 0.5) is 0 Å². The number of fused-ring (bicyclic) bond motifs is 1. The van der Waals surface area contributed by atoms with E-state index in [1.54, 1.807) is 18.2 Å². The second-order valence-corrected chi connectivity index (χ2v) is 7.31. The molecule has 1 aromatic rings. The standard InChI is InChI=1S/C19H23N3O3.ClH/c20-13-4-6-14(7-5-13)22-18(24)15-8-3-12(11-16(15)19(22)25)17(23)21-9-1-2-10-21;/h3,8,11,13-14H,1-2,4-7,9-10,20H2;1H. The number of hydrogen-bond donors (Lipinski definition) is 1. The number of nitrogens with two attached hydrogens (primary N) is 1. The van der Waals surface area contributed by atoms with Gasteiger partial charge in [0.05, 0.1) is 11.1 Å². The Bertz CT molecular complexity index is 738. The predicted molar refractivity (Wildman–Crippen MR) is 99.6 cm³/mol. The number of benzene rings is 1. The molecule has 1 saturated carbocycles. The van der Waals surface area contributed by atoms with Gasteiger partial charge in [-0.2, -0.15) is 0 Å². The van der Waals surface area contributed by atoms with Gasteiger partial charge in [0.1, 0.15) is 0 Å². The van der Waals surface area contributed by atoms with Crippen molar-refractivity contribution in [1.82, 2.24) is 9.80 Å². The molecule has 7 heteroatoms. The lowest BCUT2D eigenvalue weighted by atomic mass is 9.91. The minimum absolute atomic E-state index is 0. The topological polar surface area (TPSA) is 83.7 Å². The van der Waals surface area contributed by atoms with Crippen LogP contribution in [0.5, 0.6) is 0 Å². The van der Waals surface area contributed by atoms with Crippen molar-refractivity contribution in [3.05, 3.63) is 34.9 Å². The summed E-state index contributed by atoms with van der Waals surface area (Å²) >= 11 is 0. The van der Waals surface area contributed by atoms with E-state index in [0.29, 0.717) is 16.7 Å². The van der Waals surface area contributed by atoms with Crippen molar-refractivity contribution in [2.24, 2.45) is 5.73 Å². The van der Waals surface area contributed by atoms with Crippen LogP contribution in [-0.4, -0.2) is 52.7 Å². The second kappa shape index (κ2) is 7.37. The highest BCUT2D eigenvalue weighted by atomic mass is 35.5. The van der Waals surface area contributed by atoms with Crippen molar-refractivity contribution in [3.63, 3.8) is 0 Å². The van der Waals surface area contributed by atoms with Crippen LogP contribution in [0.25, 0.3) is 0 Å². The summed E-state index contributed by atoms with van der Waals surface area (Å²) in [4.78, 5) is 41.3. The van der Waals surface area contributed by atoms with Gasteiger partial charge in [0.25, 0.3) is 17.7 Å². The third-order valence-electron chi connectivity index (χ3n) is 5.66. The fourth-order valence-electron chi connectivity index (χ4n) is 4.19. The molecular formula is C19H24ClN3O3. The van der Waals surface area contributed by atoms with Gasteiger partial charge >= 0.3 is 0 Å². The highest BCUT2D eigenvalue weighted by molar-refractivity contribution is 6.22. The summed E-state index contributed by atoms with van der Waals surface area (Å²) in [6.07, 6.45) is 5.21. The number of carbonyl (C=O) groups excluding carboxylic acids is 3. The lowest BCUT2D eigenvalue weighted by Crippen LogP contribution is -2.43. The Morgan fingerprint density at radius 1 is 0.962 bits per heavy atom. The van der Waals surface area contributed by atoms with E-state index in [9.17, 15) is 14.4 Å². The van der Waals surface area contributed by atoms with Gasteiger partial charge in [0.15, 0.2) is 0 Å². The quantitative estimate of drug-likeness (QED) is 0.801. The average Bonchev–Trinajstić information content (AvgIpc) is 3.24. The zero-order valence-corrected chi connectivity index (χ0v) is 15.5. The largest absolute Gasteiger partial charge is 0.339 e. The summed E-state index contributed by atoms with van der Waals surface area (Å²) in [5.74, 6) is -0.556. The summed E-state index contributed by atoms with van der Waals surface area (Å²) in [5.41, 5.74) is 7.21. The molecule has 2 heterocycles. The maximum absolute atomic E-state index is 12.8. The third-order valence-corrected chi connectivity index (χ3v) is 5.66. The number of carbonyl (C=O) groups is 3. The number of imide groups is 1. The lowest BCUT2D eigenvalue weighted by molar-refractivity contribution is 0.0542. The zero-order valence-electron chi connectivity index (χ0n) is 14.6. The molecule has 2 aliphatic heterocycles. The number of halogens is 1. The van der Waals surface area contributed by atoms with Crippen LogP contribution in [0, 0.1) is 0 Å². The van der Waals surface area contributed by atoms with E-state index in [0.717, 1.165) is 51.6 Å². The average molecular weight is 378 g/mol. The van der Waals surface area contributed by atoms with Crippen molar-refractivity contribution in [2.45, 2.75) is 50.6 Å². The summed E-state index contributed by atoms with van der Waals surface area (Å²) in [6.45, 7) is 1.52. The number of amides is 3. The van der Waals surface area contributed by atoms with Crippen LogP contribution in [0.2, 0.25) is 0 Å². The summed E-state index contributed by atoms with van der Waals surface area (Å²) in [5, 5.41) is 0. The molecule has 0 atom stereocenters. The molecule has 1 saturated heterocycles. The first-order valence-corrected chi connectivity index (χ1v) is 9.13. The predicted octanol–water partition coefficient (Wildman–Crippen LogP) is 2.21. The van der Waals surface area contributed by atoms with Crippen molar-refractivity contribution in [1.29, 1.82) is 0 Å². The van der Waals surface area contributed by atoms with Gasteiger partial charge in [-0.3, -0.25) is 19.3 Å². The minimum Gasteiger partial charge on any atom is -0.339 e. The van der Waals surface area contributed by atoms with E-state index in [-0.39, 0.29) is 42.2 Å². The van der Waals surface area contributed by atoms with Crippen LogP contribution in [0.1, 0.15) is 69.6 Å². The van der Waals surface area contributed by atoms with Crippen molar-refractivity contribution in [2.75, 3.05) is 13.1 Å². The van der Waals surface area contributed by atoms with Crippen molar-refractivity contribution >= 4 is 30.1 Å². The van der Waals surface area contributed by atoms with E-state index in [1.165, 1.54) is 4.90 Å². The summed E-state index contributed by atoms with van der Waals surface area (Å²) in [7, 11) is 0. The van der Waals surface area contributed by atoms with Crippen LogP contribution in [0.3, 0.4) is 0 Å². The molecule has 1 aromatic carbocycles. The second-order valence-electron chi connectivity index (χ2n) is 7.31. The molecule has 26 heavy (non-hydrogen) atoms. The Kier molecular flexibility index (Phi) is 5.34. The van der Waals surface area contributed by atoms with Crippen LogP contribution in [0.15, 0.2) is 18.2 Å². The molecule has 140 valence electrons. The van der Waals surface area contributed by atoms with Gasteiger partial charge in [-0.05, 0) is 56.7 Å². The third kappa shape index (κ3) is 3.12. The van der Waals surface area contributed by atoms with Gasteiger partial charge in [-0.1, -0.05) is 0 Å². The molecule has 0 radical (unpaired) electrons. The number of rotatable bonds is 2. The molecular weight excluding hydrogens is 354 g/mol. The van der Waals surface area contributed by atoms with E-state index >= 15 is 0 Å². The van der Waals surface area contributed by atoms with Gasteiger partial charge in [0.2, 0.25) is 0 Å². The van der Waals surface area contributed by atoms with Crippen LogP contribution in [-0.2, 0) is 0 Å². The van der Waals surface area contributed by atoms with Gasteiger partial charge in [-0.25, -0.2) is 0 Å². The van der Waals surface area contributed by atoms with Gasteiger partial charge in [0, 0.05) is 30.7 Å². The first-order chi connectivity index (χ1) is 12.1. The van der Waals surface area contributed by atoms with Gasteiger partial charge < -0.3 is 10.6 Å². The monoisotopic (exact) mass is 377 g/mol. The summed E-state index contributed by atoms with van der Waals surface area (Å²) in [6, 6.07) is 4.99. The molecule has 2 N–H and O–H groups in total. The lowest BCUT2D eigenvalue weighted by Gasteiger charge is -2.31. The molecule has 0 bridgehead atoms. The Hall–Kier alpha value is -1.92. The highest BCUT2D eigenvalue weighted by Crippen LogP contribution is 2.31. The fourth-order valence-corrected chi connectivity index (χ4v) is 4.19. The maximum atomic E-state index is 12.8. The van der Waals surface area contributed by atoms with E-state index in [4.69, 9.17) is 5.73 Å². The molecule has 3 aliphatic rings. The van der Waals surface area contributed by atoms with Crippen LogP contribution >= 0.6 is 12.4 Å². The van der Waals surface area contributed by atoms with Gasteiger partial charge in [-0.15, -0.1) is 12.4 Å². The first kappa shape index (κ1) is 18.9. The maximum Gasteiger partial charge on any atom is 0.261 e. The summed E-state index contributed by atoms with van der Waals surface area (Å²) < 4.78 is 0. The Balaban J connectivity index is 0.00000196. The molecule has 0 unspecified atom stereocenters. The normalized spacial score (nSPS) is 25.3. The fraction of sp³-hybridized carbons (Fsp3) is 0.526. The SMILES string of the molecule is Cl.NC1CCC(N2C(=O)c3ccc(C(=O)N4CCCC4)cc3C2=O)CC1. The molecule has 0 aromatic heterocycles. The Labute approximate surface area is 159 Å². The van der Waals surface area contributed by atoms with Crippen molar-refractivity contribution in [3.8, 4) is 0 Å². The first-order valence-electron chi connectivity index (χ1n) is 9.13. The molecule has 2 fully saturated rings. The Morgan fingerprint density at radius 3 is 2.23 bits per heavy atom. The molecule has 1 aliphatic carbocycles. The van der Waals surface area contributed by atoms with E-state index in [2.05, 4.69) is 0 Å². The van der Waals surface area contributed by atoms with Crippen molar-refractivity contribution < 1.29 is 14.4 Å².